The fourth-order valence-corrected chi connectivity index (χ4v) is 2.73. The molecule has 1 saturated carbocycles. The summed E-state index contributed by atoms with van der Waals surface area (Å²) in [6.07, 6.45) is 12.3. The van der Waals surface area contributed by atoms with Gasteiger partial charge in [0.1, 0.15) is 0 Å². The fraction of sp³-hybridized carbons (Fsp3) is 0.833. The van der Waals surface area contributed by atoms with Crippen LogP contribution in [0.4, 0.5) is 0 Å². The molecule has 1 aliphatic carbocycles. The second-order valence-corrected chi connectivity index (χ2v) is 4.84. The lowest BCUT2D eigenvalue weighted by Gasteiger charge is -2.22. The van der Waals surface area contributed by atoms with Gasteiger partial charge >= 0.3 is 0 Å². The van der Waals surface area contributed by atoms with Crippen LogP contribution < -0.4 is 11.1 Å². The monoisotopic (exact) mass is 194 g/mol. The smallest absolute Gasteiger partial charge is 0.0922 e. The molecule has 1 atom stereocenters. The van der Waals surface area contributed by atoms with Crippen molar-refractivity contribution in [1.82, 2.24) is 5.32 Å². The first-order chi connectivity index (χ1) is 6.84. The molecule has 0 aromatic carbocycles. The number of nitrogens with two attached hydrogens (primary N) is 1. The van der Waals surface area contributed by atoms with Gasteiger partial charge in [0.2, 0.25) is 0 Å². The highest BCUT2D eigenvalue weighted by atomic mass is 15.0. The average Bonchev–Trinajstić information content (AvgIpc) is 2.63. The van der Waals surface area contributed by atoms with E-state index in [0.29, 0.717) is 5.92 Å². The van der Waals surface area contributed by atoms with Crippen LogP contribution in [-0.4, -0.2) is 6.54 Å². The summed E-state index contributed by atoms with van der Waals surface area (Å²) in [5.41, 5.74) is 5.68. The van der Waals surface area contributed by atoms with Gasteiger partial charge in [0.25, 0.3) is 0 Å². The second kappa shape index (κ2) is 4.72. The van der Waals surface area contributed by atoms with Crippen molar-refractivity contribution in [3.63, 3.8) is 0 Å². The Balaban J connectivity index is 1.66. The lowest BCUT2D eigenvalue weighted by atomic mass is 9.84. The maximum Gasteiger partial charge on any atom is 0.0922 e. The van der Waals surface area contributed by atoms with Gasteiger partial charge in [0, 0.05) is 6.54 Å². The van der Waals surface area contributed by atoms with Crippen molar-refractivity contribution in [2.24, 2.45) is 17.6 Å². The summed E-state index contributed by atoms with van der Waals surface area (Å²) in [6.45, 7) is 1.07. The molecule has 1 heterocycles. The Bertz CT molecular complexity index is 204. The van der Waals surface area contributed by atoms with Gasteiger partial charge < -0.3 is 11.1 Å². The third-order valence-electron chi connectivity index (χ3n) is 3.65. The van der Waals surface area contributed by atoms with Crippen molar-refractivity contribution in [3.8, 4) is 0 Å². The van der Waals surface area contributed by atoms with Crippen LogP contribution in [0.3, 0.4) is 0 Å². The minimum Gasteiger partial charge on any atom is -0.386 e. The largest absolute Gasteiger partial charge is 0.386 e. The summed E-state index contributed by atoms with van der Waals surface area (Å²) in [5, 5.41) is 3.20. The molecule has 0 bridgehead atoms. The molecule has 1 aliphatic heterocycles. The Labute approximate surface area is 86.9 Å². The molecule has 3 N–H and O–H groups in total. The predicted octanol–water partition coefficient (Wildman–Crippen LogP) is 2.37. The second-order valence-electron chi connectivity index (χ2n) is 4.84. The van der Waals surface area contributed by atoms with Crippen LogP contribution in [0.1, 0.15) is 44.9 Å². The van der Waals surface area contributed by atoms with Gasteiger partial charge in [-0.3, -0.25) is 0 Å². The van der Waals surface area contributed by atoms with Crippen LogP contribution in [0.25, 0.3) is 0 Å². The van der Waals surface area contributed by atoms with E-state index in [1.807, 2.05) is 0 Å². The minimum absolute atomic E-state index is 0.705. The van der Waals surface area contributed by atoms with Gasteiger partial charge in [-0.05, 0) is 30.8 Å². The fourth-order valence-electron chi connectivity index (χ4n) is 2.73. The van der Waals surface area contributed by atoms with E-state index in [1.54, 1.807) is 0 Å². The van der Waals surface area contributed by atoms with E-state index >= 15 is 0 Å². The van der Waals surface area contributed by atoms with Crippen molar-refractivity contribution < 1.29 is 0 Å². The summed E-state index contributed by atoms with van der Waals surface area (Å²) in [6, 6.07) is 0. The zero-order valence-electron chi connectivity index (χ0n) is 8.97. The van der Waals surface area contributed by atoms with E-state index in [0.717, 1.165) is 18.3 Å². The molecule has 0 unspecified atom stereocenters. The first kappa shape index (κ1) is 9.88. The average molecular weight is 194 g/mol. The topological polar surface area (TPSA) is 38.0 Å². The molecule has 0 spiro atoms. The molecule has 0 amide bonds. The highest BCUT2D eigenvalue weighted by Crippen LogP contribution is 2.29. The zero-order valence-corrected chi connectivity index (χ0v) is 8.97. The standard InChI is InChI=1S/C12H22N2/c13-12-8-11(9-14-12)7-6-10-4-2-1-3-5-10/h8,10-11,14H,1-7,9,13H2/t11-/m0/s1. The van der Waals surface area contributed by atoms with E-state index in [4.69, 9.17) is 5.73 Å². The molecule has 0 saturated heterocycles. The van der Waals surface area contributed by atoms with Gasteiger partial charge in [-0.15, -0.1) is 0 Å². The maximum absolute atomic E-state index is 5.68. The van der Waals surface area contributed by atoms with Crippen molar-refractivity contribution in [1.29, 1.82) is 0 Å². The molecule has 0 aromatic heterocycles. The van der Waals surface area contributed by atoms with Crippen molar-refractivity contribution in [2.45, 2.75) is 44.9 Å². The highest BCUT2D eigenvalue weighted by molar-refractivity contribution is 5.05. The van der Waals surface area contributed by atoms with Gasteiger partial charge in [-0.2, -0.15) is 0 Å². The normalized spacial score (nSPS) is 28.6. The van der Waals surface area contributed by atoms with E-state index < -0.39 is 0 Å². The third-order valence-corrected chi connectivity index (χ3v) is 3.65. The molecular formula is C12H22N2. The lowest BCUT2D eigenvalue weighted by Crippen LogP contribution is -2.17. The van der Waals surface area contributed by atoms with Crippen molar-refractivity contribution in [3.05, 3.63) is 11.9 Å². The summed E-state index contributed by atoms with van der Waals surface area (Å²) in [4.78, 5) is 0. The first-order valence-corrected chi connectivity index (χ1v) is 6.06. The van der Waals surface area contributed by atoms with Crippen LogP contribution in [-0.2, 0) is 0 Å². The Kier molecular flexibility index (Phi) is 3.33. The lowest BCUT2D eigenvalue weighted by molar-refractivity contribution is 0.320. The molecule has 14 heavy (non-hydrogen) atoms. The number of hydrogen-bond donors (Lipinski definition) is 2. The summed E-state index contributed by atoms with van der Waals surface area (Å²) < 4.78 is 0. The summed E-state index contributed by atoms with van der Waals surface area (Å²) >= 11 is 0. The SMILES string of the molecule is NC1=C[C@H](CCC2CCCCC2)CN1. The van der Waals surface area contributed by atoms with E-state index in [-0.39, 0.29) is 0 Å². The molecule has 2 nitrogen and oxygen atoms in total. The molecule has 1 fully saturated rings. The van der Waals surface area contributed by atoms with E-state index in [9.17, 15) is 0 Å². The van der Waals surface area contributed by atoms with E-state index in [2.05, 4.69) is 11.4 Å². The molecule has 0 aromatic rings. The molecular weight excluding hydrogens is 172 g/mol. The van der Waals surface area contributed by atoms with E-state index in [1.165, 1.54) is 44.9 Å². The number of nitrogens with one attached hydrogen (secondary N) is 1. The van der Waals surface area contributed by atoms with Gasteiger partial charge in [0.15, 0.2) is 0 Å². The summed E-state index contributed by atoms with van der Waals surface area (Å²) in [7, 11) is 0. The molecule has 0 radical (unpaired) electrons. The number of hydrogen-bond acceptors (Lipinski definition) is 2. The third kappa shape index (κ3) is 2.66. The molecule has 2 rings (SSSR count). The van der Waals surface area contributed by atoms with Crippen LogP contribution in [0.5, 0.6) is 0 Å². The Hall–Kier alpha value is -0.660. The van der Waals surface area contributed by atoms with Crippen molar-refractivity contribution in [2.75, 3.05) is 6.54 Å². The molecule has 2 heteroatoms. The zero-order chi connectivity index (χ0) is 9.80. The van der Waals surface area contributed by atoms with Crippen LogP contribution in [0.15, 0.2) is 11.9 Å². The summed E-state index contributed by atoms with van der Waals surface area (Å²) in [5.74, 6) is 2.61. The molecule has 2 aliphatic rings. The van der Waals surface area contributed by atoms with Gasteiger partial charge in [-0.25, -0.2) is 0 Å². The Morgan fingerprint density at radius 2 is 2.00 bits per heavy atom. The van der Waals surface area contributed by atoms with Crippen LogP contribution in [0, 0.1) is 11.8 Å². The Morgan fingerprint density at radius 3 is 2.64 bits per heavy atom. The maximum atomic E-state index is 5.68. The van der Waals surface area contributed by atoms with Gasteiger partial charge in [0.05, 0.1) is 5.82 Å². The van der Waals surface area contributed by atoms with Crippen LogP contribution in [0.2, 0.25) is 0 Å². The first-order valence-electron chi connectivity index (χ1n) is 6.06. The van der Waals surface area contributed by atoms with Crippen molar-refractivity contribution >= 4 is 0 Å². The van der Waals surface area contributed by atoms with Gasteiger partial charge in [-0.1, -0.05) is 32.1 Å². The van der Waals surface area contributed by atoms with Crippen LogP contribution >= 0.6 is 0 Å². The minimum atomic E-state index is 0.705. The predicted molar refractivity (Wildman–Crippen MR) is 59.6 cm³/mol. The Morgan fingerprint density at radius 1 is 1.21 bits per heavy atom. The quantitative estimate of drug-likeness (QED) is 0.724. The number of rotatable bonds is 3. The molecule has 80 valence electrons. The highest BCUT2D eigenvalue weighted by Gasteiger charge is 2.17.